The van der Waals surface area contributed by atoms with E-state index in [9.17, 15) is 9.36 Å². The summed E-state index contributed by atoms with van der Waals surface area (Å²) in [7, 11) is -3.63. The van der Waals surface area contributed by atoms with Crippen LogP contribution in [0.2, 0.25) is 0 Å². The zero-order valence-corrected chi connectivity index (χ0v) is 18.6. The number of anilines is 1. The number of imidazole rings is 1. The summed E-state index contributed by atoms with van der Waals surface area (Å²) >= 11 is 0. The standard InChI is InChI=1S/C19H30N5O6P/c1-2-3-4-5-6-7-8-28-31(26)29-11-15-14(30-31)9-13(10-27-15)24-12-21-16-17(24)22-19(20)23-18(16)25/h12-15H,2-11H2,1H3,(H3,20,22,23,25)/t13?,14-,15+,31?/m0/s1. The molecule has 172 valence electrons. The Bertz CT molecular complexity index is 994. The first-order chi connectivity index (χ1) is 15.0. The Morgan fingerprint density at radius 1 is 1.26 bits per heavy atom. The third-order valence-electron chi connectivity index (χ3n) is 5.67. The van der Waals surface area contributed by atoms with Gasteiger partial charge in [0.15, 0.2) is 11.2 Å². The van der Waals surface area contributed by atoms with Crippen molar-refractivity contribution in [3.8, 4) is 0 Å². The SMILES string of the molecule is CCCCCCCCOP1(=O)OC[C@H]2OCC(n3cnc4c(=O)[nH]c(N)nc43)C[C@@H]2O1. The first kappa shape index (κ1) is 22.4. The molecule has 0 radical (unpaired) electrons. The molecule has 2 saturated heterocycles. The molecule has 0 spiro atoms. The largest absolute Gasteiger partial charge is 0.475 e. The lowest BCUT2D eigenvalue weighted by atomic mass is 10.0. The summed E-state index contributed by atoms with van der Waals surface area (Å²) < 4.78 is 37.2. The number of rotatable bonds is 9. The van der Waals surface area contributed by atoms with E-state index in [0.29, 0.717) is 25.3 Å². The minimum absolute atomic E-state index is 0.0174. The van der Waals surface area contributed by atoms with Crippen LogP contribution in [0.15, 0.2) is 11.1 Å². The minimum atomic E-state index is -3.63. The number of nitrogens with one attached hydrogen (secondary N) is 1. The lowest BCUT2D eigenvalue weighted by Gasteiger charge is -2.40. The molecule has 4 heterocycles. The molecule has 0 amide bonds. The maximum Gasteiger partial charge on any atom is 0.475 e. The molecule has 3 N–H and O–H groups in total. The maximum atomic E-state index is 12.9. The number of aromatic nitrogens is 4. The van der Waals surface area contributed by atoms with Crippen molar-refractivity contribution < 1.29 is 22.9 Å². The van der Waals surface area contributed by atoms with Crippen LogP contribution in [0.1, 0.15) is 57.9 Å². The first-order valence-corrected chi connectivity index (χ1v) is 12.4. The highest BCUT2D eigenvalue weighted by atomic mass is 31.2. The third-order valence-corrected chi connectivity index (χ3v) is 7.17. The molecular weight excluding hydrogens is 425 g/mol. The van der Waals surface area contributed by atoms with Crippen LogP contribution in [0.5, 0.6) is 0 Å². The maximum absolute atomic E-state index is 12.9. The molecule has 2 unspecified atom stereocenters. The summed E-state index contributed by atoms with van der Waals surface area (Å²) in [4.78, 5) is 22.8. The Labute approximate surface area is 180 Å². The Balaban J connectivity index is 1.36. The van der Waals surface area contributed by atoms with Gasteiger partial charge in [-0.05, 0) is 12.8 Å². The first-order valence-electron chi connectivity index (χ1n) is 10.9. The van der Waals surface area contributed by atoms with Crippen LogP contribution < -0.4 is 11.3 Å². The van der Waals surface area contributed by atoms with E-state index in [-0.39, 0.29) is 30.2 Å². The Kier molecular flexibility index (Phi) is 7.08. The number of hydrogen-bond donors (Lipinski definition) is 2. The molecule has 2 aliphatic rings. The third kappa shape index (κ3) is 5.18. The van der Waals surface area contributed by atoms with Gasteiger partial charge >= 0.3 is 7.82 Å². The number of ether oxygens (including phenoxy) is 1. The van der Waals surface area contributed by atoms with E-state index in [0.717, 1.165) is 19.3 Å². The quantitative estimate of drug-likeness (QED) is 0.431. The lowest BCUT2D eigenvalue weighted by molar-refractivity contribution is -0.135. The highest BCUT2D eigenvalue weighted by Gasteiger charge is 2.45. The van der Waals surface area contributed by atoms with Gasteiger partial charge in [-0.15, -0.1) is 0 Å². The van der Waals surface area contributed by atoms with Gasteiger partial charge in [0.05, 0.1) is 38.3 Å². The van der Waals surface area contributed by atoms with E-state index in [2.05, 4.69) is 21.9 Å². The number of hydrogen-bond acceptors (Lipinski definition) is 9. The van der Waals surface area contributed by atoms with Crippen molar-refractivity contribution in [2.75, 3.05) is 25.6 Å². The van der Waals surface area contributed by atoms with Crippen LogP contribution in [0.25, 0.3) is 11.2 Å². The molecule has 31 heavy (non-hydrogen) atoms. The Morgan fingerprint density at radius 3 is 2.90 bits per heavy atom. The average molecular weight is 455 g/mol. The zero-order chi connectivity index (χ0) is 21.8. The fraction of sp³-hybridized carbons (Fsp3) is 0.737. The van der Waals surface area contributed by atoms with Crippen LogP contribution in [-0.2, 0) is 22.9 Å². The monoisotopic (exact) mass is 455 g/mol. The van der Waals surface area contributed by atoms with Gasteiger partial charge in [-0.1, -0.05) is 39.0 Å². The second-order valence-corrected chi connectivity index (χ2v) is 9.65. The Morgan fingerprint density at radius 2 is 2.06 bits per heavy atom. The van der Waals surface area contributed by atoms with Crippen LogP contribution in [0.4, 0.5) is 5.95 Å². The number of phosphoric acid groups is 1. The van der Waals surface area contributed by atoms with Crippen molar-refractivity contribution in [2.24, 2.45) is 0 Å². The highest BCUT2D eigenvalue weighted by Crippen LogP contribution is 2.55. The molecule has 2 aromatic heterocycles. The lowest BCUT2D eigenvalue weighted by Crippen LogP contribution is -2.45. The van der Waals surface area contributed by atoms with Crippen molar-refractivity contribution >= 4 is 24.9 Å². The van der Waals surface area contributed by atoms with E-state index in [1.54, 1.807) is 4.57 Å². The number of unbranched alkanes of at least 4 members (excludes halogenated alkanes) is 5. The van der Waals surface area contributed by atoms with Crippen molar-refractivity contribution in [3.05, 3.63) is 16.7 Å². The van der Waals surface area contributed by atoms with E-state index in [1.807, 2.05) is 0 Å². The fourth-order valence-electron chi connectivity index (χ4n) is 3.99. The minimum Gasteiger partial charge on any atom is -0.371 e. The summed E-state index contributed by atoms with van der Waals surface area (Å²) in [6.45, 7) is 3.03. The topological polar surface area (TPSA) is 144 Å². The molecule has 0 saturated carbocycles. The van der Waals surface area contributed by atoms with Crippen LogP contribution in [-0.4, -0.2) is 51.5 Å². The van der Waals surface area contributed by atoms with Crippen molar-refractivity contribution in [3.63, 3.8) is 0 Å². The molecule has 4 rings (SSSR count). The predicted molar refractivity (Wildman–Crippen MR) is 114 cm³/mol. The second kappa shape index (κ2) is 9.79. The molecule has 11 nitrogen and oxygen atoms in total. The summed E-state index contributed by atoms with van der Waals surface area (Å²) in [6, 6.07) is -0.204. The van der Waals surface area contributed by atoms with Crippen LogP contribution >= 0.6 is 7.82 Å². The average Bonchev–Trinajstić information content (AvgIpc) is 3.16. The summed E-state index contributed by atoms with van der Waals surface area (Å²) in [5.41, 5.74) is 5.87. The smallest absolute Gasteiger partial charge is 0.371 e. The van der Waals surface area contributed by atoms with E-state index >= 15 is 0 Å². The van der Waals surface area contributed by atoms with Gasteiger partial charge in [0.25, 0.3) is 5.56 Å². The molecule has 2 aromatic rings. The highest BCUT2D eigenvalue weighted by molar-refractivity contribution is 7.48. The van der Waals surface area contributed by atoms with Crippen molar-refractivity contribution in [1.82, 2.24) is 19.5 Å². The molecular formula is C19H30N5O6P. The summed E-state index contributed by atoms with van der Waals surface area (Å²) in [5, 5.41) is 0. The summed E-state index contributed by atoms with van der Waals surface area (Å²) in [5.74, 6) is 0.0174. The van der Waals surface area contributed by atoms with Gasteiger partial charge in [-0.2, -0.15) is 4.98 Å². The van der Waals surface area contributed by atoms with Crippen molar-refractivity contribution in [2.45, 2.75) is 70.1 Å². The molecule has 2 fully saturated rings. The van der Waals surface area contributed by atoms with Gasteiger partial charge < -0.3 is 15.0 Å². The molecule has 2 aliphatic heterocycles. The predicted octanol–water partition coefficient (Wildman–Crippen LogP) is 2.93. The molecule has 4 atom stereocenters. The van der Waals surface area contributed by atoms with Crippen LogP contribution in [0, 0.1) is 0 Å². The number of nitrogens with zero attached hydrogens (tertiary/aromatic N) is 3. The number of phosphoric ester groups is 1. The zero-order valence-electron chi connectivity index (χ0n) is 17.7. The molecule has 0 aliphatic carbocycles. The number of nitrogen functional groups attached to an aromatic ring is 1. The van der Waals surface area contributed by atoms with Gasteiger partial charge in [0.2, 0.25) is 5.95 Å². The number of fused-ring (bicyclic) bond motifs is 2. The molecule has 0 aromatic carbocycles. The van der Waals surface area contributed by atoms with Gasteiger partial charge in [-0.25, -0.2) is 9.55 Å². The fourth-order valence-corrected chi connectivity index (χ4v) is 5.42. The van der Waals surface area contributed by atoms with Gasteiger partial charge in [0, 0.05) is 0 Å². The molecule has 12 heteroatoms. The van der Waals surface area contributed by atoms with E-state index < -0.39 is 19.5 Å². The van der Waals surface area contributed by atoms with E-state index in [4.69, 9.17) is 24.0 Å². The van der Waals surface area contributed by atoms with Gasteiger partial charge in [0.1, 0.15) is 6.10 Å². The van der Waals surface area contributed by atoms with Crippen molar-refractivity contribution in [1.29, 1.82) is 0 Å². The number of aromatic amines is 1. The normalized spacial score (nSPS) is 28.6. The summed E-state index contributed by atoms with van der Waals surface area (Å²) in [6.07, 6.45) is 7.88. The Hall–Kier alpha value is -1.78. The number of H-pyrrole nitrogens is 1. The number of nitrogens with two attached hydrogens (primary N) is 1. The van der Waals surface area contributed by atoms with E-state index in [1.165, 1.54) is 25.6 Å². The molecule has 0 bridgehead atoms. The second-order valence-electron chi connectivity index (χ2n) is 8.02. The van der Waals surface area contributed by atoms with Crippen LogP contribution in [0.3, 0.4) is 0 Å². The van der Waals surface area contributed by atoms with Gasteiger partial charge in [-0.3, -0.25) is 23.3 Å².